The molecule has 4 nitrogen and oxygen atoms in total. The number of ether oxygens (including phenoxy) is 1. The summed E-state index contributed by atoms with van der Waals surface area (Å²) in [6.45, 7) is 9.16. The van der Waals surface area contributed by atoms with Crippen LogP contribution in [0.2, 0.25) is 0 Å². The molecule has 2 aromatic rings. The molecule has 4 heteroatoms. The zero-order valence-corrected chi connectivity index (χ0v) is 17.1. The Bertz CT molecular complexity index is 786. The number of allylic oxidation sites excluding steroid dienone is 2. The van der Waals surface area contributed by atoms with Crippen LogP contribution in [0, 0.1) is 5.92 Å². The molecule has 0 amide bonds. The molecule has 1 aliphatic rings. The lowest BCUT2D eigenvalue weighted by Gasteiger charge is -2.36. The number of hydrogen-bond donors (Lipinski definition) is 0. The predicted octanol–water partition coefficient (Wildman–Crippen LogP) is 4.41. The summed E-state index contributed by atoms with van der Waals surface area (Å²) >= 11 is 0. The van der Waals surface area contributed by atoms with Crippen molar-refractivity contribution in [2.24, 2.45) is 5.92 Å². The summed E-state index contributed by atoms with van der Waals surface area (Å²) in [5.74, 6) is 1.36. The molecule has 0 atom stereocenters. The van der Waals surface area contributed by atoms with Gasteiger partial charge >= 0.3 is 0 Å². The van der Waals surface area contributed by atoms with Crippen molar-refractivity contribution in [3.05, 3.63) is 71.8 Å². The Labute approximate surface area is 168 Å². The van der Waals surface area contributed by atoms with Gasteiger partial charge in [0, 0.05) is 44.0 Å². The van der Waals surface area contributed by atoms with E-state index in [0.29, 0.717) is 5.92 Å². The maximum Gasteiger partial charge on any atom is 0.185 e. The van der Waals surface area contributed by atoms with Crippen LogP contribution < -0.4 is 9.64 Å². The number of nitrogens with zero attached hydrogens (tertiary/aromatic N) is 2. The first-order chi connectivity index (χ1) is 13.5. The van der Waals surface area contributed by atoms with Crippen LogP contribution in [-0.2, 0) is 6.54 Å². The van der Waals surface area contributed by atoms with Gasteiger partial charge < -0.3 is 9.64 Å². The number of benzene rings is 2. The first-order valence-corrected chi connectivity index (χ1v) is 9.98. The van der Waals surface area contributed by atoms with Crippen molar-refractivity contribution >= 4 is 11.5 Å². The van der Waals surface area contributed by atoms with E-state index in [1.807, 2.05) is 30.3 Å². The van der Waals surface area contributed by atoms with E-state index in [1.165, 1.54) is 11.3 Å². The molecule has 1 heterocycles. The summed E-state index contributed by atoms with van der Waals surface area (Å²) in [6.07, 6.45) is 3.62. The Balaban J connectivity index is 1.52. The quantitative estimate of drug-likeness (QED) is 0.528. The van der Waals surface area contributed by atoms with E-state index in [9.17, 15) is 4.79 Å². The van der Waals surface area contributed by atoms with Gasteiger partial charge in [-0.15, -0.1) is 0 Å². The molecule has 0 bridgehead atoms. The minimum Gasteiger partial charge on any atom is -0.497 e. The summed E-state index contributed by atoms with van der Waals surface area (Å²) in [4.78, 5) is 17.0. The molecule has 1 aliphatic heterocycles. The molecular weight excluding hydrogens is 348 g/mol. The van der Waals surface area contributed by atoms with Crippen molar-refractivity contribution in [1.82, 2.24) is 4.90 Å². The molecule has 0 aromatic heterocycles. The van der Waals surface area contributed by atoms with Gasteiger partial charge in [-0.05, 0) is 54.0 Å². The van der Waals surface area contributed by atoms with Gasteiger partial charge in [-0.3, -0.25) is 9.69 Å². The van der Waals surface area contributed by atoms with Gasteiger partial charge in [0.2, 0.25) is 0 Å². The van der Waals surface area contributed by atoms with Crippen molar-refractivity contribution < 1.29 is 9.53 Å². The second kappa shape index (κ2) is 9.56. The van der Waals surface area contributed by atoms with Crippen molar-refractivity contribution in [1.29, 1.82) is 0 Å². The highest BCUT2D eigenvalue weighted by Gasteiger charge is 2.17. The number of piperazine rings is 1. The molecular formula is C24H30N2O2. The van der Waals surface area contributed by atoms with Crippen LogP contribution in [0.3, 0.4) is 0 Å². The van der Waals surface area contributed by atoms with E-state index < -0.39 is 0 Å². The van der Waals surface area contributed by atoms with Crippen LogP contribution >= 0.6 is 0 Å². The number of carbonyl (C=O) groups is 1. The van der Waals surface area contributed by atoms with Crippen molar-refractivity contribution in [2.45, 2.75) is 20.4 Å². The molecule has 148 valence electrons. The maximum atomic E-state index is 12.2. The second-order valence-electron chi connectivity index (χ2n) is 7.63. The third-order valence-corrected chi connectivity index (χ3v) is 5.09. The fourth-order valence-corrected chi connectivity index (χ4v) is 3.37. The normalized spacial score (nSPS) is 15.4. The Kier molecular flexibility index (Phi) is 6.88. The zero-order chi connectivity index (χ0) is 19.9. The maximum absolute atomic E-state index is 12.2. The SMILES string of the molecule is COc1ccc(CN2CCN(c3ccc(C(=O)/C=C/C(C)C)cc3)CC2)cc1. The van der Waals surface area contributed by atoms with Crippen LogP contribution in [0.25, 0.3) is 0 Å². The van der Waals surface area contributed by atoms with Gasteiger partial charge in [0.15, 0.2) is 5.78 Å². The topological polar surface area (TPSA) is 32.8 Å². The standard InChI is InChI=1S/C24H30N2O2/c1-19(2)4-13-24(27)21-7-9-22(10-8-21)26-16-14-25(15-17-26)18-20-5-11-23(28-3)12-6-20/h4-13,19H,14-18H2,1-3H3/b13-4+. The minimum absolute atomic E-state index is 0.0737. The first kappa shape index (κ1) is 20.2. The third-order valence-electron chi connectivity index (χ3n) is 5.09. The lowest BCUT2D eigenvalue weighted by atomic mass is 10.1. The van der Waals surface area contributed by atoms with E-state index in [0.717, 1.165) is 44.0 Å². The summed E-state index contributed by atoms with van der Waals surface area (Å²) in [7, 11) is 1.69. The summed E-state index contributed by atoms with van der Waals surface area (Å²) in [5.41, 5.74) is 3.25. The predicted molar refractivity (Wildman–Crippen MR) is 115 cm³/mol. The van der Waals surface area contributed by atoms with E-state index in [-0.39, 0.29) is 5.78 Å². The number of carbonyl (C=O) groups excluding carboxylic acids is 1. The smallest absolute Gasteiger partial charge is 0.185 e. The molecule has 3 rings (SSSR count). The lowest BCUT2D eigenvalue weighted by molar-refractivity contribution is 0.104. The van der Waals surface area contributed by atoms with Gasteiger partial charge in [-0.1, -0.05) is 32.1 Å². The number of hydrogen-bond acceptors (Lipinski definition) is 4. The van der Waals surface area contributed by atoms with Gasteiger partial charge in [0.05, 0.1) is 7.11 Å². The molecule has 0 spiro atoms. The van der Waals surface area contributed by atoms with Crippen LogP contribution in [-0.4, -0.2) is 44.0 Å². The first-order valence-electron chi connectivity index (χ1n) is 9.98. The Hall–Kier alpha value is -2.59. The van der Waals surface area contributed by atoms with Crippen LogP contribution in [0.15, 0.2) is 60.7 Å². The number of methoxy groups -OCH3 is 1. The zero-order valence-electron chi connectivity index (χ0n) is 17.1. The number of rotatable bonds is 7. The Morgan fingerprint density at radius 1 is 1.00 bits per heavy atom. The Morgan fingerprint density at radius 3 is 2.21 bits per heavy atom. The van der Waals surface area contributed by atoms with E-state index in [4.69, 9.17) is 4.74 Å². The second-order valence-corrected chi connectivity index (χ2v) is 7.63. The van der Waals surface area contributed by atoms with Gasteiger partial charge in [-0.25, -0.2) is 0 Å². The highest BCUT2D eigenvalue weighted by atomic mass is 16.5. The molecule has 0 unspecified atom stereocenters. The average Bonchev–Trinajstić information content (AvgIpc) is 2.73. The monoisotopic (exact) mass is 378 g/mol. The molecule has 1 fully saturated rings. The van der Waals surface area contributed by atoms with Crippen molar-refractivity contribution in [3.63, 3.8) is 0 Å². The van der Waals surface area contributed by atoms with E-state index >= 15 is 0 Å². The van der Waals surface area contributed by atoms with Crippen LogP contribution in [0.4, 0.5) is 5.69 Å². The van der Waals surface area contributed by atoms with E-state index in [2.05, 4.69) is 47.9 Å². The fourth-order valence-electron chi connectivity index (χ4n) is 3.37. The average molecular weight is 379 g/mol. The molecule has 1 saturated heterocycles. The highest BCUT2D eigenvalue weighted by molar-refractivity contribution is 6.04. The molecule has 0 aliphatic carbocycles. The molecule has 0 radical (unpaired) electrons. The highest BCUT2D eigenvalue weighted by Crippen LogP contribution is 2.19. The Morgan fingerprint density at radius 2 is 1.64 bits per heavy atom. The van der Waals surface area contributed by atoms with E-state index in [1.54, 1.807) is 13.2 Å². The van der Waals surface area contributed by atoms with Gasteiger partial charge in [0.1, 0.15) is 5.75 Å². The van der Waals surface area contributed by atoms with Gasteiger partial charge in [0.25, 0.3) is 0 Å². The molecule has 0 N–H and O–H groups in total. The largest absolute Gasteiger partial charge is 0.497 e. The van der Waals surface area contributed by atoms with Crippen molar-refractivity contribution in [3.8, 4) is 5.75 Å². The molecule has 2 aromatic carbocycles. The summed E-state index contributed by atoms with van der Waals surface area (Å²) in [6, 6.07) is 16.3. The third kappa shape index (κ3) is 5.46. The van der Waals surface area contributed by atoms with Gasteiger partial charge in [-0.2, -0.15) is 0 Å². The molecule has 0 saturated carbocycles. The lowest BCUT2D eigenvalue weighted by Crippen LogP contribution is -2.45. The molecule has 28 heavy (non-hydrogen) atoms. The van der Waals surface area contributed by atoms with Crippen LogP contribution in [0.1, 0.15) is 29.8 Å². The van der Waals surface area contributed by atoms with Crippen molar-refractivity contribution in [2.75, 3.05) is 38.2 Å². The fraction of sp³-hybridized carbons (Fsp3) is 0.375. The minimum atomic E-state index is 0.0737. The summed E-state index contributed by atoms with van der Waals surface area (Å²) < 4.78 is 5.22. The number of anilines is 1. The number of ketones is 1. The van der Waals surface area contributed by atoms with Crippen LogP contribution in [0.5, 0.6) is 5.75 Å². The summed E-state index contributed by atoms with van der Waals surface area (Å²) in [5, 5.41) is 0.